The van der Waals surface area contributed by atoms with E-state index in [-0.39, 0.29) is 11.9 Å². The van der Waals surface area contributed by atoms with E-state index in [1.165, 1.54) is 24.2 Å². The van der Waals surface area contributed by atoms with E-state index >= 15 is 0 Å². The predicted octanol–water partition coefficient (Wildman–Crippen LogP) is 3.08. The molecular weight excluding hydrogens is 352 g/mol. The molecular formula is C19H30N2O4S. The van der Waals surface area contributed by atoms with Gasteiger partial charge in [0.1, 0.15) is 5.75 Å². The van der Waals surface area contributed by atoms with Crippen LogP contribution in [0.4, 0.5) is 5.69 Å². The minimum absolute atomic E-state index is 0.0725. The number of benzene rings is 1. The number of rotatable bonds is 7. The molecule has 1 N–H and O–H groups in total. The molecule has 6 nitrogen and oxygen atoms in total. The van der Waals surface area contributed by atoms with E-state index in [2.05, 4.69) is 5.32 Å². The highest BCUT2D eigenvalue weighted by Gasteiger charge is 2.22. The SMILES string of the molecule is CCC(Oc1ccc(N(C)S(C)(=O)=O)cc1)C(=O)NC1CCCCCC1. The minimum Gasteiger partial charge on any atom is -0.481 e. The van der Waals surface area contributed by atoms with Crippen LogP contribution in [0.25, 0.3) is 0 Å². The molecule has 0 radical (unpaired) electrons. The lowest BCUT2D eigenvalue weighted by Gasteiger charge is -2.22. The summed E-state index contributed by atoms with van der Waals surface area (Å²) in [5.41, 5.74) is 0.552. The van der Waals surface area contributed by atoms with E-state index in [9.17, 15) is 13.2 Å². The van der Waals surface area contributed by atoms with Crippen molar-refractivity contribution in [3.8, 4) is 5.75 Å². The van der Waals surface area contributed by atoms with Crippen molar-refractivity contribution in [1.82, 2.24) is 5.32 Å². The fourth-order valence-electron chi connectivity index (χ4n) is 3.13. The third-order valence-corrected chi connectivity index (χ3v) is 6.05. The van der Waals surface area contributed by atoms with E-state index in [1.54, 1.807) is 24.3 Å². The number of carbonyl (C=O) groups is 1. The second kappa shape index (κ2) is 9.26. The number of carbonyl (C=O) groups excluding carboxylic acids is 1. The Labute approximate surface area is 157 Å². The standard InChI is InChI=1S/C19H30N2O4S/c1-4-18(19(22)20-15-9-7-5-6-8-10-15)25-17-13-11-16(12-14-17)21(2)26(3,23)24/h11-15,18H,4-10H2,1-3H3,(H,20,22). The van der Waals surface area contributed by atoms with Gasteiger partial charge in [-0.25, -0.2) is 8.42 Å². The Balaban J connectivity index is 1.97. The largest absolute Gasteiger partial charge is 0.481 e. The second-order valence-corrected chi connectivity index (χ2v) is 8.95. The molecule has 0 heterocycles. The van der Waals surface area contributed by atoms with Crippen LogP contribution in [0.1, 0.15) is 51.9 Å². The molecule has 0 saturated heterocycles. The van der Waals surface area contributed by atoms with Gasteiger partial charge >= 0.3 is 0 Å². The van der Waals surface area contributed by atoms with E-state index in [0.717, 1.165) is 31.9 Å². The Morgan fingerprint density at radius 2 is 1.77 bits per heavy atom. The summed E-state index contributed by atoms with van der Waals surface area (Å²) in [6, 6.07) is 6.98. The van der Waals surface area contributed by atoms with Gasteiger partial charge in [0.2, 0.25) is 10.0 Å². The Kier molecular flexibility index (Phi) is 7.32. The molecule has 1 saturated carbocycles. The predicted molar refractivity (Wildman–Crippen MR) is 104 cm³/mol. The number of hydrogen-bond acceptors (Lipinski definition) is 4. The van der Waals surface area contributed by atoms with Crippen LogP contribution in [0.5, 0.6) is 5.75 Å². The highest BCUT2D eigenvalue weighted by molar-refractivity contribution is 7.92. The summed E-state index contributed by atoms with van der Waals surface area (Å²) < 4.78 is 30.2. The molecule has 1 aliphatic carbocycles. The minimum atomic E-state index is -3.30. The molecule has 146 valence electrons. The molecule has 1 aromatic rings. The van der Waals surface area contributed by atoms with Crippen LogP contribution < -0.4 is 14.4 Å². The van der Waals surface area contributed by atoms with Crippen LogP contribution in [0.15, 0.2) is 24.3 Å². The van der Waals surface area contributed by atoms with Gasteiger partial charge in [-0.15, -0.1) is 0 Å². The summed E-state index contributed by atoms with van der Waals surface area (Å²) in [5.74, 6) is 0.482. The fourth-order valence-corrected chi connectivity index (χ4v) is 3.64. The van der Waals surface area contributed by atoms with Crippen LogP contribution in [-0.4, -0.2) is 39.8 Å². The quantitative estimate of drug-likeness (QED) is 0.735. The van der Waals surface area contributed by atoms with Gasteiger partial charge in [-0.1, -0.05) is 32.6 Å². The first-order valence-corrected chi connectivity index (χ1v) is 11.2. The summed E-state index contributed by atoms with van der Waals surface area (Å²) >= 11 is 0. The zero-order valence-electron chi connectivity index (χ0n) is 15.9. The summed E-state index contributed by atoms with van der Waals surface area (Å²) in [6.45, 7) is 1.92. The lowest BCUT2D eigenvalue weighted by atomic mass is 10.1. The van der Waals surface area contributed by atoms with Crippen molar-refractivity contribution in [3.63, 3.8) is 0 Å². The van der Waals surface area contributed by atoms with Gasteiger partial charge in [0.15, 0.2) is 6.10 Å². The molecule has 0 spiro atoms. The molecule has 0 bridgehead atoms. The van der Waals surface area contributed by atoms with Gasteiger partial charge in [0.05, 0.1) is 11.9 Å². The molecule has 1 aliphatic rings. The molecule has 1 atom stereocenters. The molecule has 7 heteroatoms. The number of hydrogen-bond donors (Lipinski definition) is 1. The highest BCUT2D eigenvalue weighted by Crippen LogP contribution is 2.22. The molecule has 1 unspecified atom stereocenters. The van der Waals surface area contributed by atoms with Crippen molar-refractivity contribution >= 4 is 21.6 Å². The molecule has 1 fully saturated rings. The van der Waals surface area contributed by atoms with Crippen molar-refractivity contribution in [1.29, 1.82) is 0 Å². The molecule has 1 aromatic carbocycles. The van der Waals surface area contributed by atoms with Gasteiger partial charge < -0.3 is 10.1 Å². The number of amides is 1. The van der Waals surface area contributed by atoms with Gasteiger partial charge in [0.25, 0.3) is 5.91 Å². The van der Waals surface area contributed by atoms with Crippen LogP contribution >= 0.6 is 0 Å². The molecule has 26 heavy (non-hydrogen) atoms. The van der Waals surface area contributed by atoms with Crippen molar-refractivity contribution < 1.29 is 17.9 Å². The lowest BCUT2D eigenvalue weighted by Crippen LogP contribution is -2.43. The van der Waals surface area contributed by atoms with Crippen LogP contribution in [0, 0.1) is 0 Å². The van der Waals surface area contributed by atoms with Crippen LogP contribution in [0.2, 0.25) is 0 Å². The Morgan fingerprint density at radius 3 is 2.27 bits per heavy atom. The first-order chi connectivity index (χ1) is 12.3. The third-order valence-electron chi connectivity index (χ3n) is 4.84. The normalized spacial score (nSPS) is 17.2. The Morgan fingerprint density at radius 1 is 1.19 bits per heavy atom. The fraction of sp³-hybridized carbons (Fsp3) is 0.632. The van der Waals surface area contributed by atoms with Gasteiger partial charge in [-0.3, -0.25) is 9.10 Å². The van der Waals surface area contributed by atoms with Crippen molar-refractivity contribution in [2.45, 2.75) is 64.0 Å². The summed E-state index contributed by atoms with van der Waals surface area (Å²) in [6.07, 6.45) is 8.07. The topological polar surface area (TPSA) is 75.7 Å². The van der Waals surface area contributed by atoms with Gasteiger partial charge in [-0.05, 0) is 43.5 Å². The first kappa shape index (κ1) is 20.6. The summed E-state index contributed by atoms with van der Waals surface area (Å²) in [4.78, 5) is 12.5. The number of anilines is 1. The smallest absolute Gasteiger partial charge is 0.261 e. The molecule has 0 aromatic heterocycles. The maximum atomic E-state index is 12.5. The maximum absolute atomic E-state index is 12.5. The number of nitrogens with one attached hydrogen (secondary N) is 1. The van der Waals surface area contributed by atoms with E-state index in [0.29, 0.717) is 17.9 Å². The van der Waals surface area contributed by atoms with Crippen LogP contribution in [-0.2, 0) is 14.8 Å². The third kappa shape index (κ3) is 5.90. The zero-order chi connectivity index (χ0) is 19.2. The van der Waals surface area contributed by atoms with Gasteiger partial charge in [0, 0.05) is 13.1 Å². The maximum Gasteiger partial charge on any atom is 0.261 e. The Bertz CT molecular complexity index is 680. The zero-order valence-corrected chi connectivity index (χ0v) is 16.7. The molecule has 2 rings (SSSR count). The highest BCUT2D eigenvalue weighted by atomic mass is 32.2. The van der Waals surface area contributed by atoms with E-state index in [1.807, 2.05) is 6.92 Å². The van der Waals surface area contributed by atoms with Crippen molar-refractivity contribution in [2.75, 3.05) is 17.6 Å². The second-order valence-electron chi connectivity index (χ2n) is 6.94. The number of ether oxygens (including phenoxy) is 1. The van der Waals surface area contributed by atoms with E-state index in [4.69, 9.17) is 4.74 Å². The van der Waals surface area contributed by atoms with Crippen molar-refractivity contribution in [3.05, 3.63) is 24.3 Å². The average molecular weight is 383 g/mol. The average Bonchev–Trinajstić information content (AvgIpc) is 2.87. The number of sulfonamides is 1. The van der Waals surface area contributed by atoms with Crippen molar-refractivity contribution in [2.24, 2.45) is 0 Å². The Hall–Kier alpha value is -1.76. The monoisotopic (exact) mass is 382 g/mol. The lowest BCUT2D eigenvalue weighted by molar-refractivity contribution is -0.128. The number of nitrogens with zero attached hydrogens (tertiary/aromatic N) is 1. The van der Waals surface area contributed by atoms with Gasteiger partial charge in [-0.2, -0.15) is 0 Å². The van der Waals surface area contributed by atoms with E-state index < -0.39 is 16.1 Å². The molecule has 0 aliphatic heterocycles. The summed E-state index contributed by atoms with van der Waals surface area (Å²) in [7, 11) is -1.80. The molecule has 1 amide bonds. The summed E-state index contributed by atoms with van der Waals surface area (Å²) in [5, 5.41) is 3.13. The first-order valence-electron chi connectivity index (χ1n) is 9.32. The van der Waals surface area contributed by atoms with Crippen LogP contribution in [0.3, 0.4) is 0 Å².